The molecule has 1 aromatic rings. The monoisotopic (exact) mass is 306 g/mol. The van der Waals surface area contributed by atoms with E-state index >= 15 is 0 Å². The van der Waals surface area contributed by atoms with Crippen LogP contribution in [0.3, 0.4) is 0 Å². The van der Waals surface area contributed by atoms with E-state index in [2.05, 4.69) is 11.8 Å². The molecule has 5 nitrogen and oxygen atoms in total. The number of hydrogen-bond acceptors (Lipinski definition) is 5. The third-order valence-electron chi connectivity index (χ3n) is 3.37. The maximum atomic E-state index is 12.6. The van der Waals surface area contributed by atoms with Crippen LogP contribution >= 0.6 is 11.3 Å². The minimum absolute atomic E-state index is 0.129. The third-order valence-corrected chi connectivity index (χ3v) is 4.36. The van der Waals surface area contributed by atoms with E-state index in [-0.39, 0.29) is 18.4 Å². The number of nitrogens with two attached hydrogens (primary N) is 1. The van der Waals surface area contributed by atoms with Gasteiger partial charge < -0.3 is 15.4 Å². The number of piperidine rings is 1. The van der Waals surface area contributed by atoms with Gasteiger partial charge in [0, 0.05) is 6.54 Å². The van der Waals surface area contributed by atoms with Crippen LogP contribution in [-0.2, 0) is 9.53 Å². The number of rotatable bonds is 2. The van der Waals surface area contributed by atoms with Crippen LogP contribution in [0.1, 0.15) is 33.8 Å². The smallest absolute Gasteiger partial charge is 0.328 e. The highest BCUT2D eigenvalue weighted by atomic mass is 32.1. The molecule has 6 heteroatoms. The largest absolute Gasteiger partial charge is 0.467 e. The lowest BCUT2D eigenvalue weighted by molar-refractivity contribution is -0.147. The normalized spacial score (nSPS) is 17.8. The fourth-order valence-corrected chi connectivity index (χ4v) is 3.19. The highest BCUT2D eigenvalue weighted by Gasteiger charge is 2.33. The summed E-state index contributed by atoms with van der Waals surface area (Å²) in [4.78, 5) is 27.4. The molecule has 0 bridgehead atoms. The number of hydrogen-bond donors (Lipinski definition) is 1. The Kier molecular flexibility index (Phi) is 5.37. The molecular weight excluding hydrogens is 288 g/mol. The van der Waals surface area contributed by atoms with Crippen LogP contribution in [0.2, 0.25) is 0 Å². The Morgan fingerprint density at radius 2 is 2.29 bits per heavy atom. The fourth-order valence-electron chi connectivity index (χ4n) is 2.36. The summed E-state index contributed by atoms with van der Waals surface area (Å²) in [5.74, 6) is 5.20. The lowest BCUT2D eigenvalue weighted by Gasteiger charge is -2.33. The van der Waals surface area contributed by atoms with Gasteiger partial charge in [0.05, 0.1) is 23.4 Å². The molecule has 112 valence electrons. The number of carbonyl (C=O) groups is 2. The lowest BCUT2D eigenvalue weighted by Crippen LogP contribution is -2.48. The molecule has 2 N–H and O–H groups in total. The number of esters is 1. The highest BCUT2D eigenvalue weighted by molar-refractivity contribution is 7.14. The van der Waals surface area contributed by atoms with E-state index in [1.807, 2.05) is 0 Å². The van der Waals surface area contributed by atoms with Gasteiger partial charge >= 0.3 is 5.97 Å². The molecule has 21 heavy (non-hydrogen) atoms. The molecule has 0 spiro atoms. The molecule has 2 rings (SSSR count). The van der Waals surface area contributed by atoms with Crippen molar-refractivity contribution in [2.24, 2.45) is 5.73 Å². The van der Waals surface area contributed by atoms with Gasteiger partial charge in [0.1, 0.15) is 6.04 Å². The van der Waals surface area contributed by atoms with Crippen molar-refractivity contribution in [3.8, 4) is 11.8 Å². The Hall–Kier alpha value is -1.84. The summed E-state index contributed by atoms with van der Waals surface area (Å²) in [5.41, 5.74) is 5.33. The average molecular weight is 306 g/mol. The van der Waals surface area contributed by atoms with Crippen molar-refractivity contribution in [3.63, 3.8) is 0 Å². The Bertz CT molecular complexity index is 585. The van der Waals surface area contributed by atoms with Crippen LogP contribution in [0.4, 0.5) is 0 Å². The van der Waals surface area contributed by atoms with Gasteiger partial charge in [0.25, 0.3) is 5.91 Å². The highest BCUT2D eigenvalue weighted by Crippen LogP contribution is 2.24. The van der Waals surface area contributed by atoms with E-state index in [1.165, 1.54) is 18.4 Å². The first-order valence-corrected chi connectivity index (χ1v) is 7.66. The summed E-state index contributed by atoms with van der Waals surface area (Å²) in [5, 5.41) is 0. The summed E-state index contributed by atoms with van der Waals surface area (Å²) < 4.78 is 4.80. The first kappa shape index (κ1) is 15.5. The number of methoxy groups -OCH3 is 1. The van der Waals surface area contributed by atoms with Gasteiger partial charge in [0.2, 0.25) is 0 Å². The van der Waals surface area contributed by atoms with Crippen molar-refractivity contribution in [1.82, 2.24) is 4.90 Å². The van der Waals surface area contributed by atoms with Crippen molar-refractivity contribution >= 4 is 23.2 Å². The minimum atomic E-state index is -0.475. The third kappa shape index (κ3) is 3.63. The van der Waals surface area contributed by atoms with Crippen LogP contribution in [0, 0.1) is 11.8 Å². The molecule has 1 aromatic heterocycles. The summed E-state index contributed by atoms with van der Waals surface area (Å²) in [6.45, 7) is 0.873. The van der Waals surface area contributed by atoms with Crippen molar-refractivity contribution in [1.29, 1.82) is 0 Å². The van der Waals surface area contributed by atoms with Crippen LogP contribution < -0.4 is 5.73 Å². The molecule has 1 amide bonds. The van der Waals surface area contributed by atoms with E-state index in [1.54, 1.807) is 17.0 Å². The Morgan fingerprint density at radius 3 is 3.00 bits per heavy atom. The maximum absolute atomic E-state index is 12.6. The molecule has 0 aliphatic carbocycles. The molecule has 2 heterocycles. The second-order valence-electron chi connectivity index (χ2n) is 4.70. The fraction of sp³-hybridized carbons (Fsp3) is 0.467. The zero-order valence-corrected chi connectivity index (χ0v) is 12.7. The molecule has 0 aromatic carbocycles. The van der Waals surface area contributed by atoms with Crippen molar-refractivity contribution in [3.05, 3.63) is 21.9 Å². The molecule has 1 aliphatic heterocycles. The van der Waals surface area contributed by atoms with Gasteiger partial charge in [-0.25, -0.2) is 4.79 Å². The molecule has 1 fully saturated rings. The van der Waals surface area contributed by atoms with E-state index in [0.717, 1.165) is 17.7 Å². The van der Waals surface area contributed by atoms with Gasteiger partial charge in [-0.2, -0.15) is 0 Å². The quantitative estimate of drug-likeness (QED) is 0.659. The number of likely N-dealkylation sites (tertiary alicyclic amines) is 1. The van der Waals surface area contributed by atoms with Gasteiger partial charge in [-0.1, -0.05) is 11.8 Å². The Balaban J connectivity index is 2.16. The first-order valence-electron chi connectivity index (χ1n) is 6.85. The maximum Gasteiger partial charge on any atom is 0.328 e. The Labute approximate surface area is 128 Å². The number of thiophene rings is 1. The van der Waals surface area contributed by atoms with Gasteiger partial charge in [-0.05, 0) is 31.4 Å². The van der Waals surface area contributed by atoms with Crippen molar-refractivity contribution in [2.45, 2.75) is 25.3 Å². The standard InChI is InChI=1S/C15H18N2O3S/c1-20-15(19)12-6-2-3-10-17(12)14(18)13-8-7-11(21-13)5-4-9-16/h7-8,12H,2-3,6,9-10,16H2,1H3. The average Bonchev–Trinajstić information content (AvgIpc) is 3.00. The molecule has 1 unspecified atom stereocenters. The van der Waals surface area contributed by atoms with Gasteiger partial charge in [0.15, 0.2) is 0 Å². The molecule has 1 aliphatic rings. The first-order chi connectivity index (χ1) is 10.2. The zero-order valence-electron chi connectivity index (χ0n) is 11.9. The summed E-state index contributed by atoms with van der Waals surface area (Å²) in [6, 6.07) is 3.07. The van der Waals surface area contributed by atoms with Gasteiger partial charge in [-0.15, -0.1) is 11.3 Å². The summed E-state index contributed by atoms with van der Waals surface area (Å²) in [6.07, 6.45) is 2.50. The van der Waals surface area contributed by atoms with Crippen LogP contribution in [0.15, 0.2) is 12.1 Å². The Morgan fingerprint density at radius 1 is 1.48 bits per heavy atom. The van der Waals surface area contributed by atoms with E-state index in [0.29, 0.717) is 17.8 Å². The topological polar surface area (TPSA) is 72.6 Å². The molecule has 1 saturated heterocycles. The second kappa shape index (κ2) is 7.25. The van der Waals surface area contributed by atoms with E-state index in [4.69, 9.17) is 10.5 Å². The molecular formula is C15H18N2O3S. The van der Waals surface area contributed by atoms with Crippen LogP contribution in [-0.4, -0.2) is 43.0 Å². The van der Waals surface area contributed by atoms with Gasteiger partial charge in [-0.3, -0.25) is 4.79 Å². The van der Waals surface area contributed by atoms with E-state index < -0.39 is 6.04 Å². The number of amides is 1. The van der Waals surface area contributed by atoms with Crippen molar-refractivity contribution < 1.29 is 14.3 Å². The van der Waals surface area contributed by atoms with Crippen molar-refractivity contribution in [2.75, 3.05) is 20.2 Å². The molecule has 1 atom stereocenters. The van der Waals surface area contributed by atoms with E-state index in [9.17, 15) is 9.59 Å². The van der Waals surface area contributed by atoms with Crippen LogP contribution in [0.5, 0.6) is 0 Å². The number of carbonyl (C=O) groups excluding carboxylic acids is 2. The molecule has 0 radical (unpaired) electrons. The summed E-state index contributed by atoms with van der Waals surface area (Å²) in [7, 11) is 1.35. The number of ether oxygens (including phenoxy) is 1. The minimum Gasteiger partial charge on any atom is -0.467 e. The lowest BCUT2D eigenvalue weighted by atomic mass is 10.0. The summed E-state index contributed by atoms with van der Waals surface area (Å²) >= 11 is 1.32. The van der Waals surface area contributed by atoms with Crippen LogP contribution in [0.25, 0.3) is 0 Å². The predicted molar refractivity (Wildman–Crippen MR) is 80.9 cm³/mol. The molecule has 0 saturated carbocycles. The SMILES string of the molecule is COC(=O)C1CCCCN1C(=O)c1ccc(C#CCN)s1. The predicted octanol–water partition coefficient (Wildman–Crippen LogP) is 1.23. The second-order valence-corrected chi connectivity index (χ2v) is 5.79. The number of nitrogens with zero attached hydrogens (tertiary/aromatic N) is 1. The zero-order chi connectivity index (χ0) is 15.2.